The van der Waals surface area contributed by atoms with Crippen molar-refractivity contribution in [2.24, 2.45) is 0 Å². The minimum atomic E-state index is -1.08. The van der Waals surface area contributed by atoms with Crippen molar-refractivity contribution in [1.29, 1.82) is 0 Å². The molecule has 0 aliphatic rings. The van der Waals surface area contributed by atoms with Gasteiger partial charge in [-0.2, -0.15) is 5.10 Å². The highest BCUT2D eigenvalue weighted by Crippen LogP contribution is 2.18. The molecule has 0 bridgehead atoms. The molecule has 116 valence electrons. The van der Waals surface area contributed by atoms with E-state index >= 15 is 0 Å². The summed E-state index contributed by atoms with van der Waals surface area (Å²) in [5, 5.41) is 6.16. The first-order valence-corrected chi connectivity index (χ1v) is 6.42. The molecule has 0 saturated carbocycles. The Labute approximate surface area is 124 Å². The van der Waals surface area contributed by atoms with Crippen LogP contribution in [0.5, 0.6) is 5.88 Å². The molecule has 2 rings (SSSR count). The molecule has 1 amide bonds. The van der Waals surface area contributed by atoms with E-state index in [1.54, 1.807) is 6.92 Å². The van der Waals surface area contributed by atoms with Crippen LogP contribution in [0.3, 0.4) is 0 Å². The Balaban J connectivity index is 2.67. The van der Waals surface area contributed by atoms with E-state index in [0.717, 1.165) is 22.9 Å². The molecule has 1 aromatic heterocycles. The molecule has 0 radical (unpaired) electrons. The molecule has 0 unspecified atom stereocenters. The van der Waals surface area contributed by atoms with Crippen molar-refractivity contribution in [2.45, 2.75) is 6.92 Å². The fraction of sp³-hybridized carbons (Fsp3) is 0.214. The minimum Gasteiger partial charge on any atom is -0.478 e. The quantitative estimate of drug-likeness (QED) is 0.923. The first-order valence-electron chi connectivity index (χ1n) is 6.42. The summed E-state index contributed by atoms with van der Waals surface area (Å²) in [6.07, 6.45) is 0. The molecule has 6 nitrogen and oxygen atoms in total. The van der Waals surface area contributed by atoms with Gasteiger partial charge in [0.25, 0.3) is 5.91 Å². The smallest absolute Gasteiger partial charge is 0.275 e. The summed E-state index contributed by atoms with van der Waals surface area (Å²) in [5.74, 6) is -2.77. The van der Waals surface area contributed by atoms with Crippen molar-refractivity contribution in [3.05, 3.63) is 51.8 Å². The lowest BCUT2D eigenvalue weighted by Crippen LogP contribution is -2.29. The van der Waals surface area contributed by atoms with E-state index in [9.17, 15) is 18.4 Å². The molecule has 0 aliphatic heterocycles. The van der Waals surface area contributed by atoms with Crippen molar-refractivity contribution in [2.75, 3.05) is 13.7 Å². The maximum absolute atomic E-state index is 13.4. The van der Waals surface area contributed by atoms with Crippen molar-refractivity contribution in [1.82, 2.24) is 15.1 Å². The van der Waals surface area contributed by atoms with Crippen molar-refractivity contribution < 1.29 is 18.3 Å². The van der Waals surface area contributed by atoms with Gasteiger partial charge in [0.1, 0.15) is 0 Å². The van der Waals surface area contributed by atoms with E-state index in [-0.39, 0.29) is 23.9 Å². The third kappa shape index (κ3) is 2.95. The van der Waals surface area contributed by atoms with Crippen LogP contribution >= 0.6 is 0 Å². The van der Waals surface area contributed by atoms with Gasteiger partial charge in [-0.3, -0.25) is 9.59 Å². The maximum Gasteiger partial charge on any atom is 0.275 e. The number of carbonyl (C=O) groups is 1. The molecule has 1 aromatic carbocycles. The fourth-order valence-corrected chi connectivity index (χ4v) is 1.77. The highest BCUT2D eigenvalue weighted by atomic mass is 19.2. The zero-order chi connectivity index (χ0) is 16.3. The van der Waals surface area contributed by atoms with Crippen molar-refractivity contribution in [3.8, 4) is 11.6 Å². The number of rotatable bonds is 4. The molecule has 0 fully saturated rings. The Morgan fingerprint density at radius 2 is 2.05 bits per heavy atom. The monoisotopic (exact) mass is 309 g/mol. The Kier molecular flexibility index (Phi) is 4.50. The molecule has 0 saturated heterocycles. The van der Waals surface area contributed by atoms with Gasteiger partial charge in [-0.05, 0) is 19.1 Å². The number of hydrogen-bond acceptors (Lipinski definition) is 4. The summed E-state index contributed by atoms with van der Waals surface area (Å²) >= 11 is 0. The summed E-state index contributed by atoms with van der Waals surface area (Å²) in [4.78, 5) is 23.5. The zero-order valence-corrected chi connectivity index (χ0v) is 11.9. The number of nitrogens with zero attached hydrogens (tertiary/aromatic N) is 2. The molecule has 8 heteroatoms. The summed E-state index contributed by atoms with van der Waals surface area (Å²) in [6.45, 7) is 1.91. The third-order valence-corrected chi connectivity index (χ3v) is 2.78. The second-order valence-electron chi connectivity index (χ2n) is 4.22. The zero-order valence-electron chi connectivity index (χ0n) is 11.9. The molecule has 0 aliphatic carbocycles. The summed E-state index contributed by atoms with van der Waals surface area (Å²) in [5.41, 5.74) is -0.898. The molecule has 0 atom stereocenters. The molecule has 1 heterocycles. The number of aromatic nitrogens is 2. The summed E-state index contributed by atoms with van der Waals surface area (Å²) < 4.78 is 32.8. The number of halogens is 2. The number of nitrogens with one attached hydrogen (secondary N) is 1. The van der Waals surface area contributed by atoms with Crippen LogP contribution in [-0.2, 0) is 0 Å². The van der Waals surface area contributed by atoms with Gasteiger partial charge >= 0.3 is 0 Å². The second-order valence-corrected chi connectivity index (χ2v) is 4.22. The van der Waals surface area contributed by atoms with Crippen LogP contribution in [0.15, 0.2) is 29.1 Å². The lowest BCUT2D eigenvalue weighted by molar-refractivity contribution is 0.0955. The maximum atomic E-state index is 13.4. The van der Waals surface area contributed by atoms with Crippen LogP contribution in [0.2, 0.25) is 0 Å². The Morgan fingerprint density at radius 3 is 2.64 bits per heavy atom. The van der Waals surface area contributed by atoms with Gasteiger partial charge in [-0.25, -0.2) is 13.5 Å². The van der Waals surface area contributed by atoms with Crippen LogP contribution in [0.4, 0.5) is 8.78 Å². The van der Waals surface area contributed by atoms with Gasteiger partial charge in [0.15, 0.2) is 17.3 Å². The standard InChI is InChI=1S/C14H13F2N3O3/c1-3-22-12-7-11(20)13(14(21)17-2)18-19(12)8-4-5-9(15)10(16)6-8/h4-7H,3H2,1-2H3,(H,17,21). The molecule has 0 spiro atoms. The highest BCUT2D eigenvalue weighted by Gasteiger charge is 2.17. The van der Waals surface area contributed by atoms with E-state index in [1.165, 1.54) is 13.1 Å². The predicted molar refractivity (Wildman–Crippen MR) is 74.3 cm³/mol. The van der Waals surface area contributed by atoms with E-state index in [2.05, 4.69) is 10.4 Å². The van der Waals surface area contributed by atoms with Crippen LogP contribution in [0, 0.1) is 11.6 Å². The van der Waals surface area contributed by atoms with Gasteiger partial charge in [0.05, 0.1) is 18.4 Å². The SMILES string of the molecule is CCOc1cc(=O)c(C(=O)NC)nn1-c1ccc(F)c(F)c1. The number of benzene rings is 1. The van der Waals surface area contributed by atoms with Crippen LogP contribution in [0.1, 0.15) is 17.4 Å². The Hall–Kier alpha value is -2.77. The first kappa shape index (κ1) is 15.6. The average molecular weight is 309 g/mol. The average Bonchev–Trinajstić information content (AvgIpc) is 2.50. The Bertz CT molecular complexity index is 774. The third-order valence-electron chi connectivity index (χ3n) is 2.78. The lowest BCUT2D eigenvalue weighted by Gasteiger charge is -2.13. The normalized spacial score (nSPS) is 10.4. The predicted octanol–water partition coefficient (Wildman–Crippen LogP) is 1.27. The van der Waals surface area contributed by atoms with Gasteiger partial charge < -0.3 is 10.1 Å². The van der Waals surface area contributed by atoms with Crippen LogP contribution in [-0.4, -0.2) is 29.3 Å². The molecular weight excluding hydrogens is 296 g/mol. The molecule has 2 aromatic rings. The summed E-state index contributed by atoms with van der Waals surface area (Å²) in [6, 6.07) is 4.14. The van der Waals surface area contributed by atoms with Gasteiger partial charge in [-0.15, -0.1) is 0 Å². The number of amides is 1. The van der Waals surface area contributed by atoms with Crippen molar-refractivity contribution in [3.63, 3.8) is 0 Å². The lowest BCUT2D eigenvalue weighted by atomic mass is 10.3. The molecular formula is C14H13F2N3O3. The van der Waals surface area contributed by atoms with E-state index in [1.807, 2.05) is 0 Å². The topological polar surface area (TPSA) is 73.2 Å². The number of hydrogen-bond donors (Lipinski definition) is 1. The van der Waals surface area contributed by atoms with Crippen molar-refractivity contribution >= 4 is 5.91 Å². The van der Waals surface area contributed by atoms with E-state index < -0.39 is 23.0 Å². The van der Waals surface area contributed by atoms with Gasteiger partial charge in [0.2, 0.25) is 11.3 Å². The van der Waals surface area contributed by atoms with Crippen LogP contribution < -0.4 is 15.5 Å². The van der Waals surface area contributed by atoms with E-state index in [4.69, 9.17) is 4.74 Å². The van der Waals surface area contributed by atoms with Gasteiger partial charge in [0, 0.05) is 13.1 Å². The number of ether oxygens (including phenoxy) is 1. The van der Waals surface area contributed by atoms with Crippen LogP contribution in [0.25, 0.3) is 5.69 Å². The Morgan fingerprint density at radius 1 is 1.32 bits per heavy atom. The van der Waals surface area contributed by atoms with Gasteiger partial charge in [-0.1, -0.05) is 0 Å². The summed E-state index contributed by atoms with van der Waals surface area (Å²) in [7, 11) is 1.35. The molecule has 1 N–H and O–H groups in total. The molecule has 22 heavy (non-hydrogen) atoms. The fourth-order valence-electron chi connectivity index (χ4n) is 1.77. The van der Waals surface area contributed by atoms with E-state index in [0.29, 0.717) is 0 Å². The highest BCUT2D eigenvalue weighted by molar-refractivity contribution is 5.91. The first-order chi connectivity index (χ1) is 10.5. The number of carbonyl (C=O) groups excluding carboxylic acids is 1. The minimum absolute atomic E-state index is 0.0196. The largest absolute Gasteiger partial charge is 0.478 e. The second kappa shape index (κ2) is 6.33.